The molecule has 0 bridgehead atoms. The van der Waals surface area contributed by atoms with E-state index in [0.29, 0.717) is 25.1 Å². The molecule has 4 nitrogen and oxygen atoms in total. The van der Waals surface area contributed by atoms with E-state index >= 15 is 0 Å². The van der Waals surface area contributed by atoms with Crippen LogP contribution in [0.4, 0.5) is 0 Å². The average Bonchev–Trinajstić information content (AvgIpc) is 2.60. The van der Waals surface area contributed by atoms with Crippen LogP contribution < -0.4 is 10.6 Å². The monoisotopic (exact) mass is 324 g/mol. The molecule has 0 aliphatic carbocycles. The van der Waals surface area contributed by atoms with Crippen molar-refractivity contribution in [1.82, 2.24) is 10.6 Å². The fourth-order valence-electron chi connectivity index (χ4n) is 2.35. The molecule has 2 aromatic carbocycles. The first kappa shape index (κ1) is 17.7. The Hall–Kier alpha value is -2.62. The van der Waals surface area contributed by atoms with E-state index in [-0.39, 0.29) is 11.8 Å². The molecule has 0 saturated heterocycles. The molecule has 0 heterocycles. The van der Waals surface area contributed by atoms with Gasteiger partial charge in [-0.1, -0.05) is 36.4 Å². The van der Waals surface area contributed by atoms with Crippen LogP contribution in [0, 0.1) is 13.8 Å². The molecule has 0 radical (unpaired) electrons. The van der Waals surface area contributed by atoms with E-state index < -0.39 is 0 Å². The van der Waals surface area contributed by atoms with Crippen molar-refractivity contribution in [2.75, 3.05) is 13.1 Å². The molecule has 0 atom stereocenters. The molecule has 0 unspecified atom stereocenters. The third-order valence-corrected chi connectivity index (χ3v) is 3.99. The fraction of sp³-hybridized carbons (Fsp3) is 0.300. The van der Waals surface area contributed by atoms with E-state index in [1.165, 1.54) is 0 Å². The summed E-state index contributed by atoms with van der Waals surface area (Å²) < 4.78 is 0. The highest BCUT2D eigenvalue weighted by molar-refractivity contribution is 5.94. The van der Waals surface area contributed by atoms with Crippen molar-refractivity contribution < 1.29 is 9.59 Å². The summed E-state index contributed by atoms with van der Waals surface area (Å²) in [7, 11) is 0. The number of carbonyl (C=O) groups excluding carboxylic acids is 2. The average molecular weight is 324 g/mol. The molecule has 2 amide bonds. The predicted octanol–water partition coefficient (Wildman–Crippen LogP) is 2.78. The van der Waals surface area contributed by atoms with Crippen LogP contribution in [-0.4, -0.2) is 24.9 Å². The number of aryl methyl sites for hydroxylation is 3. The van der Waals surface area contributed by atoms with Gasteiger partial charge in [0.1, 0.15) is 0 Å². The van der Waals surface area contributed by atoms with Crippen LogP contribution in [0.1, 0.15) is 33.5 Å². The Morgan fingerprint density at radius 3 is 2.29 bits per heavy atom. The first-order valence-electron chi connectivity index (χ1n) is 8.22. The number of rotatable bonds is 7. The molecular formula is C20H24N2O2. The van der Waals surface area contributed by atoms with Crippen molar-refractivity contribution in [1.29, 1.82) is 0 Å². The van der Waals surface area contributed by atoms with Crippen LogP contribution >= 0.6 is 0 Å². The predicted molar refractivity (Wildman–Crippen MR) is 96.0 cm³/mol. The molecule has 0 aliphatic heterocycles. The summed E-state index contributed by atoms with van der Waals surface area (Å²) in [4.78, 5) is 23.8. The second-order valence-electron chi connectivity index (χ2n) is 5.89. The molecule has 0 fully saturated rings. The molecule has 24 heavy (non-hydrogen) atoms. The molecule has 0 saturated carbocycles. The first-order valence-corrected chi connectivity index (χ1v) is 8.22. The summed E-state index contributed by atoms with van der Waals surface area (Å²) in [5, 5.41) is 5.65. The van der Waals surface area contributed by atoms with Gasteiger partial charge < -0.3 is 10.6 Å². The topological polar surface area (TPSA) is 58.2 Å². The summed E-state index contributed by atoms with van der Waals surface area (Å²) >= 11 is 0. The molecule has 2 aromatic rings. The Balaban J connectivity index is 1.65. The van der Waals surface area contributed by atoms with Gasteiger partial charge in [-0.3, -0.25) is 9.59 Å². The van der Waals surface area contributed by atoms with Gasteiger partial charge in [0.05, 0.1) is 0 Å². The van der Waals surface area contributed by atoms with E-state index in [9.17, 15) is 9.59 Å². The minimum Gasteiger partial charge on any atom is -0.354 e. The lowest BCUT2D eigenvalue weighted by Crippen LogP contribution is -2.34. The zero-order valence-electron chi connectivity index (χ0n) is 14.3. The molecule has 2 N–H and O–H groups in total. The van der Waals surface area contributed by atoms with Crippen molar-refractivity contribution in [2.24, 2.45) is 0 Å². The SMILES string of the molecule is Cc1ccc(C(=O)NCCNC(=O)CCc2ccccc2)cc1C. The van der Waals surface area contributed by atoms with Crippen molar-refractivity contribution in [3.63, 3.8) is 0 Å². The molecule has 0 spiro atoms. The van der Waals surface area contributed by atoms with Gasteiger partial charge in [-0.15, -0.1) is 0 Å². The van der Waals surface area contributed by atoms with Crippen LogP contribution in [0.25, 0.3) is 0 Å². The maximum atomic E-state index is 12.0. The highest BCUT2D eigenvalue weighted by Gasteiger charge is 2.06. The van der Waals surface area contributed by atoms with Gasteiger partial charge in [0.15, 0.2) is 0 Å². The smallest absolute Gasteiger partial charge is 0.251 e. The third-order valence-electron chi connectivity index (χ3n) is 3.99. The number of carbonyl (C=O) groups is 2. The van der Waals surface area contributed by atoms with Crippen molar-refractivity contribution >= 4 is 11.8 Å². The molecule has 2 rings (SSSR count). The van der Waals surface area contributed by atoms with Gasteiger partial charge in [-0.2, -0.15) is 0 Å². The fourth-order valence-corrected chi connectivity index (χ4v) is 2.35. The van der Waals surface area contributed by atoms with E-state index in [0.717, 1.165) is 23.1 Å². The Bertz CT molecular complexity index is 696. The van der Waals surface area contributed by atoms with Gasteiger partial charge in [-0.25, -0.2) is 0 Å². The zero-order valence-corrected chi connectivity index (χ0v) is 14.3. The highest BCUT2D eigenvalue weighted by atomic mass is 16.2. The van der Waals surface area contributed by atoms with Crippen LogP contribution in [0.3, 0.4) is 0 Å². The Morgan fingerprint density at radius 1 is 0.875 bits per heavy atom. The summed E-state index contributed by atoms with van der Waals surface area (Å²) in [6.45, 7) is 4.86. The van der Waals surface area contributed by atoms with Gasteiger partial charge in [0.25, 0.3) is 5.91 Å². The van der Waals surface area contributed by atoms with Crippen LogP contribution in [-0.2, 0) is 11.2 Å². The number of benzene rings is 2. The maximum absolute atomic E-state index is 12.0. The molecular weight excluding hydrogens is 300 g/mol. The number of amides is 2. The minimum absolute atomic E-state index is 0.000664. The molecule has 4 heteroatoms. The second-order valence-corrected chi connectivity index (χ2v) is 5.89. The first-order chi connectivity index (χ1) is 11.6. The lowest BCUT2D eigenvalue weighted by Gasteiger charge is -2.08. The van der Waals surface area contributed by atoms with Crippen LogP contribution in [0.5, 0.6) is 0 Å². The number of hydrogen-bond donors (Lipinski definition) is 2. The quantitative estimate of drug-likeness (QED) is 0.770. The molecule has 126 valence electrons. The van der Waals surface area contributed by atoms with E-state index in [1.807, 2.05) is 62.4 Å². The number of nitrogens with one attached hydrogen (secondary N) is 2. The van der Waals surface area contributed by atoms with Crippen molar-refractivity contribution in [3.8, 4) is 0 Å². The van der Waals surface area contributed by atoms with Gasteiger partial charge in [0.2, 0.25) is 5.91 Å². The second kappa shape index (κ2) is 8.87. The van der Waals surface area contributed by atoms with Crippen molar-refractivity contribution in [2.45, 2.75) is 26.7 Å². The molecule has 0 aliphatic rings. The summed E-state index contributed by atoms with van der Waals surface area (Å²) in [5.41, 5.74) is 4.05. The maximum Gasteiger partial charge on any atom is 0.251 e. The van der Waals surface area contributed by atoms with Gasteiger partial charge in [0, 0.05) is 25.1 Å². The summed E-state index contributed by atoms with van der Waals surface area (Å²) in [6.07, 6.45) is 1.18. The largest absolute Gasteiger partial charge is 0.354 e. The zero-order chi connectivity index (χ0) is 17.4. The highest BCUT2D eigenvalue weighted by Crippen LogP contribution is 2.09. The Labute approximate surface area is 143 Å². The van der Waals surface area contributed by atoms with Crippen LogP contribution in [0.2, 0.25) is 0 Å². The van der Waals surface area contributed by atoms with Crippen LogP contribution in [0.15, 0.2) is 48.5 Å². The van der Waals surface area contributed by atoms with E-state index in [1.54, 1.807) is 0 Å². The number of hydrogen-bond acceptors (Lipinski definition) is 2. The third kappa shape index (κ3) is 5.54. The Morgan fingerprint density at radius 2 is 1.58 bits per heavy atom. The lowest BCUT2D eigenvalue weighted by atomic mass is 10.1. The van der Waals surface area contributed by atoms with E-state index in [4.69, 9.17) is 0 Å². The summed E-state index contributed by atoms with van der Waals surface area (Å²) in [6, 6.07) is 15.6. The van der Waals surface area contributed by atoms with E-state index in [2.05, 4.69) is 10.6 Å². The van der Waals surface area contributed by atoms with Gasteiger partial charge >= 0.3 is 0 Å². The minimum atomic E-state index is -0.114. The Kier molecular flexibility index (Phi) is 6.55. The van der Waals surface area contributed by atoms with Gasteiger partial charge in [-0.05, 0) is 49.1 Å². The normalized spacial score (nSPS) is 10.2. The standard InChI is InChI=1S/C20H24N2O2/c1-15-8-10-18(14-16(15)2)20(24)22-13-12-21-19(23)11-9-17-6-4-3-5-7-17/h3-8,10,14H,9,11-13H2,1-2H3,(H,21,23)(H,22,24). The molecule has 0 aromatic heterocycles. The van der Waals surface area contributed by atoms with Crippen molar-refractivity contribution in [3.05, 3.63) is 70.8 Å². The lowest BCUT2D eigenvalue weighted by molar-refractivity contribution is -0.121. The summed E-state index contributed by atoms with van der Waals surface area (Å²) in [5.74, 6) is -0.115.